The normalized spacial score (nSPS) is 13.5. The fourth-order valence-electron chi connectivity index (χ4n) is 5.57. The van der Waals surface area contributed by atoms with Crippen molar-refractivity contribution in [1.82, 2.24) is 14.5 Å². The van der Waals surface area contributed by atoms with Crippen molar-refractivity contribution >= 4 is 9.84 Å². The van der Waals surface area contributed by atoms with Gasteiger partial charge in [-0.25, -0.2) is 27.2 Å². The molecule has 0 amide bonds. The summed E-state index contributed by atoms with van der Waals surface area (Å²) in [6.07, 6.45) is 2.63. The lowest BCUT2D eigenvalue weighted by Gasteiger charge is -2.19. The first-order valence-corrected chi connectivity index (χ1v) is 16.9. The second-order valence-corrected chi connectivity index (χ2v) is 13.5. The molecule has 242 valence electrons. The van der Waals surface area contributed by atoms with Gasteiger partial charge in [0.1, 0.15) is 11.6 Å². The molecule has 0 bridgehead atoms. The highest BCUT2D eigenvalue weighted by Crippen LogP contribution is 2.28. The first kappa shape index (κ1) is 32.2. The van der Waals surface area contributed by atoms with Gasteiger partial charge in [0, 0.05) is 23.0 Å². The lowest BCUT2D eigenvalue weighted by Crippen LogP contribution is -2.23. The van der Waals surface area contributed by atoms with E-state index in [4.69, 9.17) is 9.47 Å². The van der Waals surface area contributed by atoms with Gasteiger partial charge in [-0.05, 0) is 67.1 Å². The molecule has 0 saturated heterocycles. The van der Waals surface area contributed by atoms with Crippen LogP contribution in [-0.2, 0) is 34.1 Å². The van der Waals surface area contributed by atoms with E-state index < -0.39 is 38.3 Å². The van der Waals surface area contributed by atoms with Gasteiger partial charge < -0.3 is 14.0 Å². The van der Waals surface area contributed by atoms with E-state index in [0.717, 1.165) is 41.3 Å². The zero-order chi connectivity index (χ0) is 33.0. The molecule has 0 saturated carbocycles. The molecule has 1 aliphatic rings. The first-order chi connectivity index (χ1) is 22.7. The van der Waals surface area contributed by atoms with Crippen molar-refractivity contribution in [3.63, 3.8) is 0 Å². The second-order valence-electron chi connectivity index (χ2n) is 11.5. The van der Waals surface area contributed by atoms with Crippen LogP contribution in [0.2, 0.25) is 0 Å². The number of pyridine rings is 1. The minimum absolute atomic E-state index is 0.0438. The minimum Gasteiger partial charge on any atom is -0.493 e. The molecule has 0 aliphatic carbocycles. The van der Waals surface area contributed by atoms with E-state index in [1.54, 1.807) is 31.2 Å². The van der Waals surface area contributed by atoms with Crippen molar-refractivity contribution < 1.29 is 26.7 Å². The predicted octanol–water partition coefficient (Wildman–Crippen LogP) is 6.39. The molecule has 0 N–H and O–H groups in total. The lowest BCUT2D eigenvalue weighted by atomic mass is 10.0. The van der Waals surface area contributed by atoms with Crippen LogP contribution in [0.15, 0.2) is 101 Å². The maximum Gasteiger partial charge on any atom is 0.286 e. The number of aromatic nitrogens is 3. The average Bonchev–Trinajstić information content (AvgIpc) is 3.07. The Labute approximate surface area is 271 Å². The van der Waals surface area contributed by atoms with Gasteiger partial charge in [0.25, 0.3) is 5.56 Å². The smallest absolute Gasteiger partial charge is 0.286 e. The molecular formula is C36H33F2N3O5S. The molecule has 1 unspecified atom stereocenters. The van der Waals surface area contributed by atoms with Gasteiger partial charge in [0.15, 0.2) is 5.82 Å². The van der Waals surface area contributed by atoms with Crippen LogP contribution in [-0.4, -0.2) is 35.3 Å². The summed E-state index contributed by atoms with van der Waals surface area (Å²) in [7, 11) is -4.04. The van der Waals surface area contributed by atoms with E-state index in [2.05, 4.69) is 9.97 Å². The van der Waals surface area contributed by atoms with Crippen molar-refractivity contribution in [2.45, 2.75) is 50.6 Å². The van der Waals surface area contributed by atoms with Crippen LogP contribution >= 0.6 is 0 Å². The van der Waals surface area contributed by atoms with Gasteiger partial charge in [0.2, 0.25) is 15.0 Å². The van der Waals surface area contributed by atoms with Crippen molar-refractivity contribution in [3.05, 3.63) is 141 Å². The number of halogens is 2. The topological polar surface area (TPSA) is 100 Å². The molecule has 1 atom stereocenters. The molecule has 0 spiro atoms. The Morgan fingerprint density at radius 3 is 2.55 bits per heavy atom. The minimum atomic E-state index is -4.04. The fraction of sp³-hybridized carbons (Fsp3) is 0.250. The van der Waals surface area contributed by atoms with Crippen molar-refractivity contribution in [1.29, 1.82) is 0 Å². The third-order valence-electron chi connectivity index (χ3n) is 7.99. The molecule has 0 fully saturated rings. The molecular weight excluding hydrogens is 624 g/mol. The maximum atomic E-state index is 15.0. The summed E-state index contributed by atoms with van der Waals surface area (Å²) in [6, 6.07) is 23.6. The van der Waals surface area contributed by atoms with E-state index in [1.807, 2.05) is 48.5 Å². The summed E-state index contributed by atoms with van der Waals surface area (Å²) >= 11 is 0. The van der Waals surface area contributed by atoms with Gasteiger partial charge in [-0.2, -0.15) is 0 Å². The summed E-state index contributed by atoms with van der Waals surface area (Å²) in [5.41, 5.74) is 2.90. The van der Waals surface area contributed by atoms with Crippen LogP contribution in [0.4, 0.5) is 8.78 Å². The molecule has 8 nitrogen and oxygen atoms in total. The van der Waals surface area contributed by atoms with E-state index >= 15 is 0 Å². The van der Waals surface area contributed by atoms with Crippen LogP contribution in [0, 0.1) is 18.6 Å². The van der Waals surface area contributed by atoms with Crippen molar-refractivity contribution in [2.24, 2.45) is 0 Å². The second kappa shape index (κ2) is 13.9. The zero-order valence-corrected chi connectivity index (χ0v) is 26.6. The number of sulfone groups is 1. The van der Waals surface area contributed by atoms with E-state index in [9.17, 15) is 22.0 Å². The number of aryl methyl sites for hydroxylation is 2. The highest BCUT2D eigenvalue weighted by atomic mass is 32.2. The Bertz CT molecular complexity index is 2070. The molecule has 1 aliphatic heterocycles. The Morgan fingerprint density at radius 1 is 0.957 bits per heavy atom. The third kappa shape index (κ3) is 7.64. The summed E-state index contributed by atoms with van der Waals surface area (Å²) in [6.45, 7) is 2.35. The molecule has 3 heterocycles. The van der Waals surface area contributed by atoms with Crippen LogP contribution in [0.3, 0.4) is 0 Å². The fourth-order valence-corrected chi connectivity index (χ4v) is 6.79. The highest BCUT2D eigenvalue weighted by molar-refractivity contribution is 7.91. The number of hydrogen-bond acceptors (Lipinski definition) is 7. The van der Waals surface area contributed by atoms with Crippen LogP contribution in [0.1, 0.15) is 46.9 Å². The molecule has 3 aromatic carbocycles. The van der Waals surface area contributed by atoms with Gasteiger partial charge in [-0.3, -0.25) is 4.79 Å². The number of rotatable bonds is 11. The number of nitrogens with zero attached hydrogens (tertiary/aromatic N) is 3. The van der Waals surface area contributed by atoms with Crippen LogP contribution in [0.25, 0.3) is 11.3 Å². The lowest BCUT2D eigenvalue weighted by molar-refractivity contribution is 0.0361. The van der Waals surface area contributed by atoms with Crippen LogP contribution < -0.4 is 10.3 Å². The molecule has 6 rings (SSSR count). The van der Waals surface area contributed by atoms with Crippen LogP contribution in [0.5, 0.6) is 5.75 Å². The quantitative estimate of drug-likeness (QED) is 0.152. The van der Waals surface area contributed by atoms with Gasteiger partial charge >= 0.3 is 0 Å². The maximum absolute atomic E-state index is 15.0. The Hall–Kier alpha value is -4.74. The van der Waals surface area contributed by atoms with E-state index in [0.29, 0.717) is 17.9 Å². The van der Waals surface area contributed by atoms with E-state index in [-0.39, 0.29) is 36.6 Å². The average molecular weight is 658 g/mol. The monoisotopic (exact) mass is 657 g/mol. The highest BCUT2D eigenvalue weighted by Gasteiger charge is 2.24. The Kier molecular flexibility index (Phi) is 9.55. The van der Waals surface area contributed by atoms with Gasteiger partial charge in [-0.15, -0.1) is 0 Å². The molecule has 11 heteroatoms. The third-order valence-corrected chi connectivity index (χ3v) is 9.51. The summed E-state index contributed by atoms with van der Waals surface area (Å²) in [5.74, 6) is -0.943. The first-order valence-electron chi connectivity index (χ1n) is 15.3. The molecule has 5 aromatic rings. The Morgan fingerprint density at radius 2 is 1.74 bits per heavy atom. The SMILES string of the molecule is Cc1cc(-c2cc(F)c(=O)n(Cc3ccc4c(c3)CCCO4)c2)nc(S(=O)(=O)CCC(OCc2ccccc2F)c2ccccc2)n1. The predicted molar refractivity (Wildman–Crippen MR) is 173 cm³/mol. The Balaban J connectivity index is 1.24. The molecule has 47 heavy (non-hydrogen) atoms. The van der Waals surface area contributed by atoms with Crippen molar-refractivity contribution in [3.8, 4) is 17.0 Å². The number of hydrogen-bond donors (Lipinski definition) is 0. The summed E-state index contributed by atoms with van der Waals surface area (Å²) in [5, 5.41) is -0.415. The number of fused-ring (bicyclic) bond motifs is 1. The molecule has 2 aromatic heterocycles. The largest absolute Gasteiger partial charge is 0.493 e. The number of ether oxygens (including phenoxy) is 2. The van der Waals surface area contributed by atoms with Crippen molar-refractivity contribution in [2.75, 3.05) is 12.4 Å². The van der Waals surface area contributed by atoms with E-state index in [1.165, 1.54) is 16.8 Å². The molecule has 0 radical (unpaired) electrons. The number of benzene rings is 3. The van der Waals surface area contributed by atoms with Gasteiger partial charge in [0.05, 0.1) is 37.3 Å². The van der Waals surface area contributed by atoms with Gasteiger partial charge in [-0.1, -0.05) is 60.7 Å². The zero-order valence-electron chi connectivity index (χ0n) is 25.7. The summed E-state index contributed by atoms with van der Waals surface area (Å²) < 4.78 is 69.4. The summed E-state index contributed by atoms with van der Waals surface area (Å²) in [4.78, 5) is 21.3. The standard InChI is InChI=1S/C36H33F2N3O5S/c1-24-18-32(29-20-31(38)35(42)41(22-29)21-25-13-14-33-27(19-25)11-7-16-45-33)40-36(39-24)47(43,44)17-15-34(26-8-3-2-4-9-26)46-23-28-10-5-6-12-30(28)37/h2-6,8-10,12-14,18-20,22,34H,7,11,15-17,21,23H2,1H3.